The molecule has 0 aromatic heterocycles. The van der Waals surface area contributed by atoms with Gasteiger partial charge in [0, 0.05) is 0 Å². The van der Waals surface area contributed by atoms with Crippen molar-refractivity contribution in [2.45, 2.75) is 12.5 Å². The number of nitrogens with two attached hydrogens (primary N) is 1. The van der Waals surface area contributed by atoms with Gasteiger partial charge in [0.15, 0.2) is 0 Å². The summed E-state index contributed by atoms with van der Waals surface area (Å²) >= 11 is 12.5. The first-order chi connectivity index (χ1) is 11.2. The number of carbonyl (C=O) groups is 1. The SMILES string of the molecule is NC(Cc1ccc(Oc2ccc(O)c(I)c2I)c(I)c1Cl)C(=O)O. The molecule has 0 saturated heterocycles. The summed E-state index contributed by atoms with van der Waals surface area (Å²) in [6.45, 7) is 0. The number of ether oxygens (including phenoxy) is 1. The van der Waals surface area contributed by atoms with Crippen molar-refractivity contribution in [1.29, 1.82) is 0 Å². The van der Waals surface area contributed by atoms with Gasteiger partial charge in [-0.05, 0) is 98.0 Å². The van der Waals surface area contributed by atoms with Crippen molar-refractivity contribution in [2.24, 2.45) is 5.73 Å². The van der Waals surface area contributed by atoms with Crippen LogP contribution in [0.15, 0.2) is 24.3 Å². The molecule has 1 atom stereocenters. The zero-order valence-electron chi connectivity index (χ0n) is 11.9. The Labute approximate surface area is 184 Å². The number of benzene rings is 2. The van der Waals surface area contributed by atoms with Gasteiger partial charge < -0.3 is 20.7 Å². The molecule has 4 N–H and O–H groups in total. The number of carboxylic acid groups (broad SMARTS) is 1. The maximum atomic E-state index is 10.9. The van der Waals surface area contributed by atoms with Gasteiger partial charge in [-0.15, -0.1) is 0 Å². The van der Waals surface area contributed by atoms with Crippen molar-refractivity contribution >= 4 is 85.3 Å². The Morgan fingerprint density at radius 1 is 1.12 bits per heavy atom. The summed E-state index contributed by atoms with van der Waals surface area (Å²) in [5, 5.41) is 19.0. The number of hydrogen-bond donors (Lipinski definition) is 3. The molecule has 0 spiro atoms. The summed E-state index contributed by atoms with van der Waals surface area (Å²) < 4.78 is 8.06. The van der Waals surface area contributed by atoms with Gasteiger partial charge in [-0.3, -0.25) is 4.79 Å². The molecule has 2 rings (SSSR count). The van der Waals surface area contributed by atoms with Gasteiger partial charge in [-0.1, -0.05) is 17.7 Å². The van der Waals surface area contributed by atoms with Gasteiger partial charge in [-0.2, -0.15) is 0 Å². The smallest absolute Gasteiger partial charge is 0.320 e. The van der Waals surface area contributed by atoms with Crippen molar-refractivity contribution < 1.29 is 19.7 Å². The molecular formula is C15H11ClI3NO4. The minimum absolute atomic E-state index is 0.138. The van der Waals surface area contributed by atoms with E-state index in [2.05, 4.69) is 22.6 Å². The number of carboxylic acids is 1. The van der Waals surface area contributed by atoms with Crippen LogP contribution >= 0.6 is 79.4 Å². The molecule has 0 saturated carbocycles. The fraction of sp³-hybridized carbons (Fsp3) is 0.133. The van der Waals surface area contributed by atoms with Crippen LogP contribution in [0, 0.1) is 10.7 Å². The molecule has 5 nitrogen and oxygen atoms in total. The first kappa shape index (κ1) is 20.3. The average Bonchev–Trinajstić information content (AvgIpc) is 2.54. The second-order valence-electron chi connectivity index (χ2n) is 4.81. The third-order valence-electron chi connectivity index (χ3n) is 3.13. The van der Waals surface area contributed by atoms with Gasteiger partial charge in [0.25, 0.3) is 0 Å². The number of rotatable bonds is 5. The molecule has 24 heavy (non-hydrogen) atoms. The summed E-state index contributed by atoms with van der Waals surface area (Å²) in [5.74, 6) is 0.266. The standard InChI is InChI=1S/C15H11ClI3NO4/c16-11-6(5-7(20)15(22)23)1-3-9(13(11)18)24-10-4-2-8(21)12(17)14(10)19/h1-4,7,21H,5,20H2,(H,22,23). The predicted molar refractivity (Wildman–Crippen MR) is 117 cm³/mol. The van der Waals surface area contributed by atoms with Gasteiger partial charge in [-0.25, -0.2) is 0 Å². The van der Waals surface area contributed by atoms with Crippen LogP contribution < -0.4 is 10.5 Å². The van der Waals surface area contributed by atoms with Crippen LogP contribution in [0.4, 0.5) is 0 Å². The average molecular weight is 685 g/mol. The molecule has 9 heteroatoms. The Bertz CT molecular complexity index is 801. The number of hydrogen-bond acceptors (Lipinski definition) is 4. The molecule has 0 aliphatic heterocycles. The van der Waals surface area contributed by atoms with Crippen molar-refractivity contribution in [1.82, 2.24) is 0 Å². The van der Waals surface area contributed by atoms with Crippen molar-refractivity contribution in [2.75, 3.05) is 0 Å². The van der Waals surface area contributed by atoms with Gasteiger partial charge in [0.1, 0.15) is 23.3 Å². The molecule has 1 unspecified atom stereocenters. The molecule has 0 radical (unpaired) electrons. The number of aliphatic carboxylic acids is 1. The summed E-state index contributed by atoms with van der Waals surface area (Å²) in [4.78, 5) is 10.9. The second kappa shape index (κ2) is 8.56. The van der Waals surface area contributed by atoms with Gasteiger partial charge >= 0.3 is 5.97 Å². The third-order valence-corrected chi connectivity index (χ3v) is 8.15. The zero-order chi connectivity index (χ0) is 18.0. The Morgan fingerprint density at radius 2 is 1.71 bits per heavy atom. The quantitative estimate of drug-likeness (QED) is 0.401. The van der Waals surface area contributed by atoms with E-state index in [4.69, 9.17) is 27.2 Å². The molecule has 128 valence electrons. The van der Waals surface area contributed by atoms with Crippen molar-refractivity contribution in [3.8, 4) is 17.2 Å². The number of phenolic OH excluding ortho intramolecular Hbond substituents is 1. The zero-order valence-corrected chi connectivity index (χ0v) is 19.1. The lowest BCUT2D eigenvalue weighted by molar-refractivity contribution is -0.138. The Hall–Kier alpha value is -0.0500. The van der Waals surface area contributed by atoms with Crippen molar-refractivity contribution in [3.63, 3.8) is 0 Å². The lowest BCUT2D eigenvalue weighted by Crippen LogP contribution is -2.32. The van der Waals surface area contributed by atoms with Crippen molar-refractivity contribution in [3.05, 3.63) is 45.6 Å². The predicted octanol–water partition coefficient (Wildman–Crippen LogP) is 4.61. The molecule has 2 aromatic carbocycles. The van der Waals surface area contributed by atoms with E-state index < -0.39 is 12.0 Å². The molecule has 0 aliphatic rings. The summed E-state index contributed by atoms with van der Waals surface area (Å²) in [7, 11) is 0. The fourth-order valence-electron chi connectivity index (χ4n) is 1.85. The van der Waals surface area contributed by atoms with E-state index >= 15 is 0 Å². The summed E-state index contributed by atoms with van der Waals surface area (Å²) in [5.41, 5.74) is 6.21. The maximum absolute atomic E-state index is 10.9. The Balaban J connectivity index is 2.32. The number of halogens is 4. The highest BCUT2D eigenvalue weighted by Crippen LogP contribution is 2.38. The first-order valence-electron chi connectivity index (χ1n) is 6.52. The van der Waals surface area contributed by atoms with E-state index in [0.29, 0.717) is 29.2 Å². The number of phenols is 1. The van der Waals surface area contributed by atoms with E-state index in [0.717, 1.165) is 3.57 Å². The molecular weight excluding hydrogens is 674 g/mol. The molecule has 0 aliphatic carbocycles. The molecule has 0 bridgehead atoms. The van der Waals surface area contributed by atoms with E-state index in [1.54, 1.807) is 24.3 Å². The highest BCUT2D eigenvalue weighted by molar-refractivity contribution is 14.1. The molecule has 0 heterocycles. The minimum Gasteiger partial charge on any atom is -0.507 e. The largest absolute Gasteiger partial charge is 0.507 e. The fourth-order valence-corrected chi connectivity index (χ4v) is 3.73. The number of aromatic hydroxyl groups is 1. The van der Waals surface area contributed by atoms with Crippen LogP contribution in [0.3, 0.4) is 0 Å². The topological polar surface area (TPSA) is 92.8 Å². The van der Waals surface area contributed by atoms with Crippen LogP contribution in [0.5, 0.6) is 17.2 Å². The lowest BCUT2D eigenvalue weighted by Gasteiger charge is -2.15. The highest BCUT2D eigenvalue weighted by Gasteiger charge is 2.18. The van der Waals surface area contributed by atoms with Crippen LogP contribution in [0.2, 0.25) is 5.02 Å². The van der Waals surface area contributed by atoms with E-state index in [1.165, 1.54) is 0 Å². The first-order valence-corrected chi connectivity index (χ1v) is 10.1. The van der Waals surface area contributed by atoms with Crippen LogP contribution in [-0.4, -0.2) is 22.2 Å². The van der Waals surface area contributed by atoms with Crippen LogP contribution in [-0.2, 0) is 11.2 Å². The van der Waals surface area contributed by atoms with E-state index in [1.807, 2.05) is 45.2 Å². The molecule has 0 amide bonds. The van der Waals surface area contributed by atoms with Crippen LogP contribution in [0.1, 0.15) is 5.56 Å². The normalized spacial score (nSPS) is 12.0. The van der Waals surface area contributed by atoms with Gasteiger partial charge in [0.2, 0.25) is 0 Å². The maximum Gasteiger partial charge on any atom is 0.320 e. The van der Waals surface area contributed by atoms with E-state index in [-0.39, 0.29) is 12.2 Å². The monoisotopic (exact) mass is 685 g/mol. The molecule has 0 fully saturated rings. The Kier molecular flexibility index (Phi) is 7.22. The van der Waals surface area contributed by atoms with Crippen LogP contribution in [0.25, 0.3) is 0 Å². The van der Waals surface area contributed by atoms with E-state index in [9.17, 15) is 9.90 Å². The molecule has 2 aromatic rings. The Morgan fingerprint density at radius 3 is 2.33 bits per heavy atom. The summed E-state index contributed by atoms with van der Waals surface area (Å²) in [6, 6.07) is 5.67. The second-order valence-corrected chi connectivity index (χ2v) is 8.43. The third kappa shape index (κ3) is 4.56. The highest BCUT2D eigenvalue weighted by atomic mass is 127. The van der Waals surface area contributed by atoms with Gasteiger partial charge in [0.05, 0.1) is 15.7 Å². The summed E-state index contributed by atoms with van der Waals surface area (Å²) in [6.07, 6.45) is 0.138. The minimum atomic E-state index is -1.07. The lowest BCUT2D eigenvalue weighted by atomic mass is 10.1.